The maximum absolute atomic E-state index is 12.5. The number of aromatic hydroxyl groups is 1. The van der Waals surface area contributed by atoms with Gasteiger partial charge in [-0.15, -0.1) is 0 Å². The number of hydrogen-bond acceptors (Lipinski definition) is 5. The molecule has 0 spiro atoms. The summed E-state index contributed by atoms with van der Waals surface area (Å²) in [7, 11) is -7.93. The fourth-order valence-electron chi connectivity index (χ4n) is 2.35. The standard InChI is InChI=1S/C18H15ClN2O5S2/c19-16-11-13(20-27(23,24)14-7-3-1-4-8-14)12-17(18(16)22)21-28(25,26)15-9-5-2-6-10-15/h1-12,20-22H. The van der Waals surface area contributed by atoms with Crippen molar-refractivity contribution >= 4 is 43.0 Å². The third kappa shape index (κ3) is 4.38. The van der Waals surface area contributed by atoms with Gasteiger partial charge < -0.3 is 5.11 Å². The smallest absolute Gasteiger partial charge is 0.262 e. The second-order valence-electron chi connectivity index (χ2n) is 5.69. The van der Waals surface area contributed by atoms with Crippen molar-refractivity contribution in [3.8, 4) is 5.75 Å². The number of nitrogens with one attached hydrogen (secondary N) is 2. The van der Waals surface area contributed by atoms with E-state index in [1.807, 2.05) is 0 Å². The number of phenols is 1. The Labute approximate surface area is 167 Å². The molecule has 3 aromatic carbocycles. The normalized spacial score (nSPS) is 11.8. The molecular weight excluding hydrogens is 424 g/mol. The fraction of sp³-hybridized carbons (Fsp3) is 0. The maximum atomic E-state index is 12.5. The number of hydrogen-bond donors (Lipinski definition) is 3. The molecule has 0 atom stereocenters. The van der Waals surface area contributed by atoms with Crippen LogP contribution in [0.15, 0.2) is 82.6 Å². The Hall–Kier alpha value is -2.75. The quantitative estimate of drug-likeness (QED) is 0.401. The van der Waals surface area contributed by atoms with E-state index in [4.69, 9.17) is 11.6 Å². The van der Waals surface area contributed by atoms with Gasteiger partial charge in [-0.1, -0.05) is 48.0 Å². The van der Waals surface area contributed by atoms with Crippen LogP contribution in [0.2, 0.25) is 5.02 Å². The lowest BCUT2D eigenvalue weighted by molar-refractivity contribution is 0.478. The average molecular weight is 439 g/mol. The molecular formula is C18H15ClN2O5S2. The minimum Gasteiger partial charge on any atom is -0.504 e. The lowest BCUT2D eigenvalue weighted by Gasteiger charge is -2.14. The minimum atomic E-state index is -4.01. The van der Waals surface area contributed by atoms with E-state index in [1.54, 1.807) is 36.4 Å². The van der Waals surface area contributed by atoms with Crippen molar-refractivity contribution in [1.82, 2.24) is 0 Å². The van der Waals surface area contributed by atoms with Crippen LogP contribution in [0.25, 0.3) is 0 Å². The molecule has 0 aliphatic rings. The zero-order valence-corrected chi connectivity index (χ0v) is 16.6. The molecule has 10 heteroatoms. The SMILES string of the molecule is O=S(=O)(Nc1cc(Cl)c(O)c(NS(=O)(=O)c2ccccc2)c1)c1ccccc1. The first-order valence-electron chi connectivity index (χ1n) is 7.87. The summed E-state index contributed by atoms with van der Waals surface area (Å²) in [6.07, 6.45) is 0. The van der Waals surface area contributed by atoms with Crippen molar-refractivity contribution in [3.05, 3.63) is 77.8 Å². The molecule has 0 aliphatic carbocycles. The predicted octanol–water partition coefficient (Wildman–Crippen LogP) is 3.65. The van der Waals surface area contributed by atoms with E-state index in [0.29, 0.717) is 0 Å². The minimum absolute atomic E-state index is 0.0163. The summed E-state index contributed by atoms with van der Waals surface area (Å²) in [5.74, 6) is -0.524. The van der Waals surface area contributed by atoms with Crippen LogP contribution in [0.3, 0.4) is 0 Å². The predicted molar refractivity (Wildman–Crippen MR) is 108 cm³/mol. The van der Waals surface area contributed by atoms with Crippen molar-refractivity contribution in [2.45, 2.75) is 9.79 Å². The second kappa shape index (κ2) is 7.70. The van der Waals surface area contributed by atoms with Crippen LogP contribution in [0, 0.1) is 0 Å². The van der Waals surface area contributed by atoms with Crippen molar-refractivity contribution in [2.24, 2.45) is 0 Å². The highest BCUT2D eigenvalue weighted by Crippen LogP contribution is 2.37. The molecule has 0 saturated carbocycles. The number of benzene rings is 3. The highest BCUT2D eigenvalue weighted by atomic mass is 35.5. The molecule has 0 aromatic heterocycles. The molecule has 3 aromatic rings. The molecule has 0 heterocycles. The van der Waals surface area contributed by atoms with Gasteiger partial charge in [-0.05, 0) is 36.4 Å². The van der Waals surface area contributed by atoms with Crippen molar-refractivity contribution in [2.75, 3.05) is 9.44 Å². The summed E-state index contributed by atoms with van der Waals surface area (Å²) in [4.78, 5) is -0.00796. The van der Waals surface area contributed by atoms with Crippen LogP contribution in [-0.2, 0) is 20.0 Å². The first-order valence-corrected chi connectivity index (χ1v) is 11.2. The topological polar surface area (TPSA) is 113 Å². The van der Waals surface area contributed by atoms with Gasteiger partial charge in [0.1, 0.15) is 0 Å². The molecule has 3 rings (SSSR count). The highest BCUT2D eigenvalue weighted by Gasteiger charge is 2.20. The van der Waals surface area contributed by atoms with E-state index < -0.39 is 25.8 Å². The van der Waals surface area contributed by atoms with Gasteiger partial charge in [0.2, 0.25) is 0 Å². The number of rotatable bonds is 6. The van der Waals surface area contributed by atoms with Gasteiger partial charge in [-0.25, -0.2) is 16.8 Å². The van der Waals surface area contributed by atoms with Crippen LogP contribution in [0.4, 0.5) is 11.4 Å². The van der Waals surface area contributed by atoms with Crippen LogP contribution >= 0.6 is 11.6 Å². The fourth-order valence-corrected chi connectivity index (χ4v) is 4.71. The molecule has 0 bridgehead atoms. The van der Waals surface area contributed by atoms with E-state index in [9.17, 15) is 21.9 Å². The van der Waals surface area contributed by atoms with E-state index >= 15 is 0 Å². The molecule has 0 aliphatic heterocycles. The number of phenolic OH excluding ortho intramolecular Hbond substituents is 1. The van der Waals surface area contributed by atoms with Crippen molar-refractivity contribution in [3.63, 3.8) is 0 Å². The molecule has 0 radical (unpaired) electrons. The van der Waals surface area contributed by atoms with Gasteiger partial charge >= 0.3 is 0 Å². The highest BCUT2D eigenvalue weighted by molar-refractivity contribution is 7.93. The van der Waals surface area contributed by atoms with E-state index in [2.05, 4.69) is 9.44 Å². The first-order chi connectivity index (χ1) is 13.2. The van der Waals surface area contributed by atoms with Crippen LogP contribution in [0.5, 0.6) is 5.75 Å². The number of anilines is 2. The van der Waals surface area contributed by atoms with Gasteiger partial charge in [-0.2, -0.15) is 0 Å². The Morgan fingerprint density at radius 2 is 1.18 bits per heavy atom. The Bertz CT molecular complexity index is 1200. The molecule has 146 valence electrons. The van der Waals surface area contributed by atoms with E-state index in [1.165, 1.54) is 30.3 Å². The number of sulfonamides is 2. The Morgan fingerprint density at radius 1 is 0.714 bits per heavy atom. The van der Waals surface area contributed by atoms with E-state index in [0.717, 1.165) is 6.07 Å². The molecule has 7 nitrogen and oxygen atoms in total. The maximum Gasteiger partial charge on any atom is 0.262 e. The van der Waals surface area contributed by atoms with Crippen LogP contribution in [0.1, 0.15) is 0 Å². The van der Waals surface area contributed by atoms with Crippen LogP contribution in [-0.4, -0.2) is 21.9 Å². The first kappa shape index (κ1) is 20.0. The molecule has 0 saturated heterocycles. The van der Waals surface area contributed by atoms with Gasteiger partial charge in [0.15, 0.2) is 5.75 Å². The summed E-state index contributed by atoms with van der Waals surface area (Å²) in [5, 5.41) is 9.89. The second-order valence-corrected chi connectivity index (χ2v) is 9.46. The molecule has 0 amide bonds. The summed E-state index contributed by atoms with van der Waals surface area (Å²) in [5.41, 5.74) is -0.278. The zero-order chi connectivity index (χ0) is 20.4. The summed E-state index contributed by atoms with van der Waals surface area (Å²) in [6, 6.07) is 17.4. The van der Waals surface area contributed by atoms with Gasteiger partial charge in [-0.3, -0.25) is 9.44 Å². The van der Waals surface area contributed by atoms with Crippen molar-refractivity contribution < 1.29 is 21.9 Å². The average Bonchev–Trinajstić information content (AvgIpc) is 2.66. The summed E-state index contributed by atoms with van der Waals surface area (Å²) >= 11 is 5.95. The largest absolute Gasteiger partial charge is 0.504 e. The number of halogens is 1. The Morgan fingerprint density at radius 3 is 1.68 bits per heavy atom. The third-order valence-electron chi connectivity index (χ3n) is 3.67. The van der Waals surface area contributed by atoms with Gasteiger partial charge in [0.25, 0.3) is 20.0 Å². The lowest BCUT2D eigenvalue weighted by Crippen LogP contribution is -2.15. The Kier molecular flexibility index (Phi) is 5.50. The molecule has 0 fully saturated rings. The molecule has 0 unspecified atom stereocenters. The monoisotopic (exact) mass is 438 g/mol. The molecule has 28 heavy (non-hydrogen) atoms. The molecule has 3 N–H and O–H groups in total. The summed E-state index contributed by atoms with van der Waals surface area (Å²) < 4.78 is 54.4. The van der Waals surface area contributed by atoms with Crippen molar-refractivity contribution in [1.29, 1.82) is 0 Å². The lowest BCUT2D eigenvalue weighted by atomic mass is 10.2. The van der Waals surface area contributed by atoms with Gasteiger partial charge in [0, 0.05) is 0 Å². The van der Waals surface area contributed by atoms with E-state index in [-0.39, 0.29) is 26.2 Å². The van der Waals surface area contributed by atoms with Gasteiger partial charge in [0.05, 0.1) is 26.2 Å². The third-order valence-corrected chi connectivity index (χ3v) is 6.73. The Balaban J connectivity index is 1.96. The zero-order valence-electron chi connectivity index (χ0n) is 14.2. The summed E-state index contributed by atoms with van der Waals surface area (Å²) in [6.45, 7) is 0. The van der Waals surface area contributed by atoms with Crippen LogP contribution < -0.4 is 9.44 Å².